The van der Waals surface area contributed by atoms with E-state index in [0.717, 1.165) is 30.8 Å². The van der Waals surface area contributed by atoms with Gasteiger partial charge in [-0.1, -0.05) is 42.8 Å². The van der Waals surface area contributed by atoms with E-state index < -0.39 is 0 Å². The summed E-state index contributed by atoms with van der Waals surface area (Å²) in [6.07, 6.45) is 3.20. The van der Waals surface area contributed by atoms with E-state index >= 15 is 0 Å². The highest BCUT2D eigenvalue weighted by Crippen LogP contribution is 2.15. The van der Waals surface area contributed by atoms with Crippen molar-refractivity contribution in [2.75, 3.05) is 6.54 Å². The highest BCUT2D eigenvalue weighted by molar-refractivity contribution is 14.1. The van der Waals surface area contributed by atoms with Gasteiger partial charge in [0.2, 0.25) is 0 Å². The molecule has 0 fully saturated rings. The molecule has 2 aromatic rings. The Kier molecular flexibility index (Phi) is 7.00. The van der Waals surface area contributed by atoms with Gasteiger partial charge < -0.3 is 5.32 Å². The van der Waals surface area contributed by atoms with Gasteiger partial charge in [-0.15, -0.1) is 0 Å². The fourth-order valence-electron chi connectivity index (χ4n) is 2.42. The van der Waals surface area contributed by atoms with Crippen molar-refractivity contribution < 1.29 is 0 Å². The van der Waals surface area contributed by atoms with Crippen LogP contribution in [0.3, 0.4) is 0 Å². The molecule has 3 heteroatoms. The van der Waals surface area contributed by atoms with Gasteiger partial charge in [0.15, 0.2) is 0 Å². The summed E-state index contributed by atoms with van der Waals surface area (Å²) in [6.45, 7) is 3.25. The summed E-state index contributed by atoms with van der Waals surface area (Å²) < 4.78 is 1.28. The fraction of sp³-hybridized carbons (Fsp3) is 0.333. The fourth-order valence-corrected chi connectivity index (χ4v) is 2.99. The second-order valence-electron chi connectivity index (χ2n) is 5.32. The average Bonchev–Trinajstić information content (AvgIpc) is 2.47. The smallest absolute Gasteiger partial charge is 0.0408 e. The Morgan fingerprint density at radius 3 is 2.43 bits per heavy atom. The SMILES string of the molecule is CCCNC(Cc1ccc(I)cc1)Cc1cccc(Cl)c1. The predicted octanol–water partition coefficient (Wildman–Crippen LogP) is 5.10. The van der Waals surface area contributed by atoms with Gasteiger partial charge in [0.05, 0.1) is 0 Å². The molecule has 21 heavy (non-hydrogen) atoms. The maximum atomic E-state index is 6.09. The Balaban J connectivity index is 2.04. The van der Waals surface area contributed by atoms with Crippen LogP contribution in [0.5, 0.6) is 0 Å². The monoisotopic (exact) mass is 413 g/mol. The molecule has 0 bridgehead atoms. The Bertz CT molecular complexity index is 553. The molecule has 1 nitrogen and oxygen atoms in total. The number of nitrogens with one attached hydrogen (secondary N) is 1. The van der Waals surface area contributed by atoms with Crippen LogP contribution in [0.15, 0.2) is 48.5 Å². The van der Waals surface area contributed by atoms with Gasteiger partial charge in [-0.3, -0.25) is 0 Å². The molecular weight excluding hydrogens is 393 g/mol. The zero-order valence-corrected chi connectivity index (χ0v) is 15.2. The molecule has 1 N–H and O–H groups in total. The maximum Gasteiger partial charge on any atom is 0.0408 e. The van der Waals surface area contributed by atoms with Crippen LogP contribution in [0.4, 0.5) is 0 Å². The number of hydrogen-bond acceptors (Lipinski definition) is 1. The number of rotatable bonds is 7. The molecule has 0 aliphatic rings. The van der Waals surface area contributed by atoms with E-state index in [2.05, 4.69) is 71.2 Å². The van der Waals surface area contributed by atoms with Gasteiger partial charge in [0.1, 0.15) is 0 Å². The van der Waals surface area contributed by atoms with E-state index in [1.165, 1.54) is 14.7 Å². The molecule has 1 atom stereocenters. The predicted molar refractivity (Wildman–Crippen MR) is 100 cm³/mol. The van der Waals surface area contributed by atoms with E-state index in [-0.39, 0.29) is 0 Å². The first-order valence-electron chi connectivity index (χ1n) is 7.39. The van der Waals surface area contributed by atoms with E-state index in [1.807, 2.05) is 12.1 Å². The zero-order chi connectivity index (χ0) is 15.1. The van der Waals surface area contributed by atoms with E-state index in [9.17, 15) is 0 Å². The first kappa shape index (κ1) is 16.8. The lowest BCUT2D eigenvalue weighted by molar-refractivity contribution is 0.505. The lowest BCUT2D eigenvalue weighted by Gasteiger charge is -2.19. The molecular formula is C18H21ClIN. The lowest BCUT2D eigenvalue weighted by Crippen LogP contribution is -2.33. The minimum atomic E-state index is 0.448. The van der Waals surface area contributed by atoms with Crippen LogP contribution in [0.1, 0.15) is 24.5 Å². The minimum Gasteiger partial charge on any atom is -0.313 e. The average molecular weight is 414 g/mol. The van der Waals surface area contributed by atoms with Crippen molar-refractivity contribution in [2.45, 2.75) is 32.2 Å². The standard InChI is InChI=1S/C18H21ClIN/c1-2-10-21-18(12-14-6-8-17(20)9-7-14)13-15-4-3-5-16(19)11-15/h3-9,11,18,21H,2,10,12-13H2,1H3. The summed E-state index contributed by atoms with van der Waals surface area (Å²) in [6, 6.07) is 17.4. The summed E-state index contributed by atoms with van der Waals surface area (Å²) in [4.78, 5) is 0. The summed E-state index contributed by atoms with van der Waals surface area (Å²) in [7, 11) is 0. The highest BCUT2D eigenvalue weighted by atomic mass is 127. The van der Waals surface area contributed by atoms with Crippen molar-refractivity contribution in [1.82, 2.24) is 5.32 Å². The highest BCUT2D eigenvalue weighted by Gasteiger charge is 2.10. The van der Waals surface area contributed by atoms with E-state index in [0.29, 0.717) is 6.04 Å². The van der Waals surface area contributed by atoms with Gasteiger partial charge in [0, 0.05) is 14.6 Å². The molecule has 0 aliphatic heterocycles. The Morgan fingerprint density at radius 1 is 1.05 bits per heavy atom. The summed E-state index contributed by atoms with van der Waals surface area (Å²) >= 11 is 8.43. The van der Waals surface area contributed by atoms with E-state index in [1.54, 1.807) is 0 Å². The largest absolute Gasteiger partial charge is 0.313 e. The number of halogens is 2. The summed E-state index contributed by atoms with van der Waals surface area (Å²) in [5.74, 6) is 0. The van der Waals surface area contributed by atoms with Crippen molar-refractivity contribution in [1.29, 1.82) is 0 Å². The van der Waals surface area contributed by atoms with Gasteiger partial charge in [-0.25, -0.2) is 0 Å². The molecule has 0 spiro atoms. The molecule has 0 saturated heterocycles. The van der Waals surface area contributed by atoms with Crippen LogP contribution in [-0.4, -0.2) is 12.6 Å². The Morgan fingerprint density at radius 2 is 1.76 bits per heavy atom. The number of hydrogen-bond donors (Lipinski definition) is 1. The molecule has 0 saturated carbocycles. The van der Waals surface area contributed by atoms with Crippen molar-refractivity contribution >= 4 is 34.2 Å². The van der Waals surface area contributed by atoms with Crippen LogP contribution < -0.4 is 5.32 Å². The van der Waals surface area contributed by atoms with Crippen molar-refractivity contribution in [2.24, 2.45) is 0 Å². The van der Waals surface area contributed by atoms with Crippen LogP contribution >= 0.6 is 34.2 Å². The molecule has 0 radical (unpaired) electrons. The Hall–Kier alpha value is -0.580. The van der Waals surface area contributed by atoms with Crippen molar-refractivity contribution in [3.63, 3.8) is 0 Å². The van der Waals surface area contributed by atoms with Crippen LogP contribution in [0, 0.1) is 3.57 Å². The van der Waals surface area contributed by atoms with Gasteiger partial charge in [0.25, 0.3) is 0 Å². The van der Waals surface area contributed by atoms with E-state index in [4.69, 9.17) is 11.6 Å². The molecule has 112 valence electrons. The van der Waals surface area contributed by atoms with Crippen LogP contribution in [0.2, 0.25) is 5.02 Å². The molecule has 2 rings (SSSR count). The third kappa shape index (κ3) is 5.97. The van der Waals surface area contributed by atoms with Gasteiger partial charge >= 0.3 is 0 Å². The number of benzene rings is 2. The molecule has 0 aliphatic carbocycles. The first-order valence-corrected chi connectivity index (χ1v) is 8.85. The normalized spacial score (nSPS) is 12.3. The summed E-state index contributed by atoms with van der Waals surface area (Å²) in [5, 5.41) is 4.47. The lowest BCUT2D eigenvalue weighted by atomic mass is 9.99. The molecule has 1 unspecified atom stereocenters. The molecule has 0 heterocycles. The van der Waals surface area contributed by atoms with Crippen molar-refractivity contribution in [3.05, 3.63) is 68.3 Å². The topological polar surface area (TPSA) is 12.0 Å². The third-order valence-corrected chi connectivity index (χ3v) is 4.40. The van der Waals surface area contributed by atoms with Crippen LogP contribution in [-0.2, 0) is 12.8 Å². The molecule has 2 aromatic carbocycles. The Labute approximate surface area is 146 Å². The second-order valence-corrected chi connectivity index (χ2v) is 7.00. The maximum absolute atomic E-state index is 6.09. The van der Waals surface area contributed by atoms with Gasteiger partial charge in [-0.2, -0.15) is 0 Å². The molecule has 0 aromatic heterocycles. The summed E-state index contributed by atoms with van der Waals surface area (Å²) in [5.41, 5.74) is 2.67. The third-order valence-electron chi connectivity index (χ3n) is 3.45. The molecule has 0 amide bonds. The minimum absolute atomic E-state index is 0.448. The quantitative estimate of drug-likeness (QED) is 0.623. The zero-order valence-electron chi connectivity index (χ0n) is 12.3. The van der Waals surface area contributed by atoms with Gasteiger partial charge in [-0.05, 0) is 83.8 Å². The first-order chi connectivity index (χ1) is 10.2. The second kappa shape index (κ2) is 8.76. The van der Waals surface area contributed by atoms with Crippen LogP contribution in [0.25, 0.3) is 0 Å². The van der Waals surface area contributed by atoms with Crippen molar-refractivity contribution in [3.8, 4) is 0 Å².